The highest BCUT2D eigenvalue weighted by molar-refractivity contribution is 6.12. The maximum absolute atomic E-state index is 6.29. The average molecular weight is 817 g/mol. The molecule has 1 spiro atoms. The molecule has 13 rings (SSSR count). The topological polar surface area (TPSA) is 19.6 Å². The first-order valence-corrected chi connectivity index (χ1v) is 22.0. The lowest BCUT2D eigenvalue weighted by molar-refractivity contribution is 0.669. The predicted molar refractivity (Wildman–Crippen MR) is 265 cm³/mol. The first-order chi connectivity index (χ1) is 31.8. The van der Waals surface area contributed by atoms with Gasteiger partial charge in [0.1, 0.15) is 11.2 Å². The number of fused-ring (bicyclic) bond motifs is 11. The summed E-state index contributed by atoms with van der Waals surface area (Å²) in [7, 11) is 0. The largest absolute Gasteiger partial charge is 0.456 e. The first kappa shape index (κ1) is 36.3. The SMILES string of the molecule is c1ccc(-c2ccc(N3c4ccccc4C4(c5ccccc5N(c5ccc(-c6cccc7oc8ccccc8c67)cc5)c5ccccc54)c4cc(-c5ccccc5)ccc43)cc2)cc1. The van der Waals surface area contributed by atoms with Crippen LogP contribution in [0.15, 0.2) is 247 Å². The fourth-order valence-electron chi connectivity index (χ4n) is 10.7. The van der Waals surface area contributed by atoms with Crippen molar-refractivity contribution < 1.29 is 4.42 Å². The van der Waals surface area contributed by atoms with Gasteiger partial charge in [-0.25, -0.2) is 0 Å². The third-order valence-corrected chi connectivity index (χ3v) is 13.5. The smallest absolute Gasteiger partial charge is 0.136 e. The van der Waals surface area contributed by atoms with Crippen molar-refractivity contribution in [3.8, 4) is 33.4 Å². The predicted octanol–water partition coefficient (Wildman–Crippen LogP) is 16.5. The fraction of sp³-hybridized carbons (Fsp3) is 0.0164. The number of nitrogens with zero attached hydrogens (tertiary/aromatic N) is 2. The van der Waals surface area contributed by atoms with E-state index in [0.717, 1.165) is 61.5 Å². The van der Waals surface area contributed by atoms with Gasteiger partial charge in [0.25, 0.3) is 0 Å². The zero-order chi connectivity index (χ0) is 42.2. The van der Waals surface area contributed by atoms with E-state index >= 15 is 0 Å². The summed E-state index contributed by atoms with van der Waals surface area (Å²) in [5, 5.41) is 2.28. The molecule has 0 unspecified atom stereocenters. The van der Waals surface area contributed by atoms with Crippen LogP contribution < -0.4 is 9.80 Å². The molecule has 0 saturated carbocycles. The van der Waals surface area contributed by atoms with Crippen molar-refractivity contribution in [2.45, 2.75) is 5.41 Å². The molecule has 2 aliphatic heterocycles. The molecule has 0 amide bonds. The molecule has 0 N–H and O–H groups in total. The van der Waals surface area contributed by atoms with E-state index in [1.165, 1.54) is 50.2 Å². The summed E-state index contributed by atoms with van der Waals surface area (Å²) in [4.78, 5) is 4.94. The molecule has 0 aliphatic carbocycles. The van der Waals surface area contributed by atoms with Crippen molar-refractivity contribution in [2.24, 2.45) is 0 Å². The Balaban J connectivity index is 1.02. The maximum atomic E-state index is 6.29. The van der Waals surface area contributed by atoms with Crippen LogP contribution in [0.4, 0.5) is 34.1 Å². The molecule has 11 aromatic rings. The minimum Gasteiger partial charge on any atom is -0.456 e. The molecule has 0 saturated heterocycles. The third-order valence-electron chi connectivity index (χ3n) is 13.5. The fourth-order valence-corrected chi connectivity index (χ4v) is 10.7. The van der Waals surface area contributed by atoms with Crippen LogP contribution in [0.2, 0.25) is 0 Å². The molecule has 300 valence electrons. The summed E-state index contributed by atoms with van der Waals surface area (Å²) in [5.41, 5.74) is 20.1. The Labute approximate surface area is 372 Å². The molecule has 10 aromatic carbocycles. The van der Waals surface area contributed by atoms with Crippen molar-refractivity contribution in [2.75, 3.05) is 9.80 Å². The number of benzene rings is 10. The number of hydrogen-bond donors (Lipinski definition) is 0. The second kappa shape index (κ2) is 14.3. The van der Waals surface area contributed by atoms with Gasteiger partial charge in [-0.05, 0) is 122 Å². The molecule has 2 aliphatic rings. The second-order valence-electron chi connectivity index (χ2n) is 16.8. The van der Waals surface area contributed by atoms with Gasteiger partial charge in [0.15, 0.2) is 0 Å². The van der Waals surface area contributed by atoms with Crippen LogP contribution in [0.3, 0.4) is 0 Å². The zero-order valence-corrected chi connectivity index (χ0v) is 34.9. The van der Waals surface area contributed by atoms with E-state index in [1.807, 2.05) is 12.1 Å². The Bertz CT molecular complexity index is 3510. The van der Waals surface area contributed by atoms with Gasteiger partial charge in [-0.3, -0.25) is 0 Å². The number of rotatable bonds is 5. The maximum Gasteiger partial charge on any atom is 0.136 e. The van der Waals surface area contributed by atoms with E-state index in [-0.39, 0.29) is 0 Å². The molecule has 0 radical (unpaired) electrons. The van der Waals surface area contributed by atoms with E-state index in [2.05, 4.69) is 240 Å². The Morgan fingerprint density at radius 3 is 1.33 bits per heavy atom. The molecule has 64 heavy (non-hydrogen) atoms. The van der Waals surface area contributed by atoms with Crippen LogP contribution in [0, 0.1) is 0 Å². The zero-order valence-electron chi connectivity index (χ0n) is 34.9. The van der Waals surface area contributed by atoms with Gasteiger partial charge in [-0.2, -0.15) is 0 Å². The van der Waals surface area contributed by atoms with Gasteiger partial charge in [0.2, 0.25) is 0 Å². The van der Waals surface area contributed by atoms with Crippen molar-refractivity contribution in [3.63, 3.8) is 0 Å². The van der Waals surface area contributed by atoms with Crippen LogP contribution in [-0.2, 0) is 5.41 Å². The molecule has 0 fully saturated rings. The highest BCUT2D eigenvalue weighted by Crippen LogP contribution is 2.64. The number of furan rings is 1. The minimum atomic E-state index is -0.654. The lowest BCUT2D eigenvalue weighted by Crippen LogP contribution is -2.42. The summed E-state index contributed by atoms with van der Waals surface area (Å²) in [6, 6.07) is 88.5. The van der Waals surface area contributed by atoms with Crippen molar-refractivity contribution >= 4 is 56.1 Å². The number of hydrogen-bond acceptors (Lipinski definition) is 3. The molecule has 3 heterocycles. The highest BCUT2D eigenvalue weighted by Gasteiger charge is 2.52. The lowest BCUT2D eigenvalue weighted by atomic mass is 9.60. The van der Waals surface area contributed by atoms with Crippen molar-refractivity contribution in [1.29, 1.82) is 0 Å². The molecule has 3 nitrogen and oxygen atoms in total. The summed E-state index contributed by atoms with van der Waals surface area (Å²) in [6.07, 6.45) is 0. The van der Waals surface area contributed by atoms with Gasteiger partial charge < -0.3 is 14.2 Å². The minimum absolute atomic E-state index is 0.654. The van der Waals surface area contributed by atoms with Gasteiger partial charge in [0, 0.05) is 22.1 Å². The van der Waals surface area contributed by atoms with Crippen molar-refractivity contribution in [3.05, 3.63) is 265 Å². The standard InChI is InChI=1S/C61H40N2O/c1-3-16-41(17-4-1)43-30-35-46(36-31-43)63-56-27-13-10-24-52(56)61(53-40-45(34-39-57(53)63)42-18-5-2-6-19-42)50-22-8-11-25-54(50)62(55-26-12-9-23-51(55)61)47-37-32-44(33-38-47)48-21-15-29-59-60(48)49-20-7-14-28-58(49)64-59/h1-40H. The van der Waals surface area contributed by atoms with Crippen LogP contribution in [0.5, 0.6) is 0 Å². The number of anilines is 6. The Kier molecular flexibility index (Phi) is 8.13. The Hall–Kier alpha value is -8.40. The van der Waals surface area contributed by atoms with Crippen LogP contribution >= 0.6 is 0 Å². The van der Waals surface area contributed by atoms with E-state index in [1.54, 1.807) is 0 Å². The van der Waals surface area contributed by atoms with Gasteiger partial charge in [-0.15, -0.1) is 0 Å². The molecular weight excluding hydrogens is 777 g/mol. The van der Waals surface area contributed by atoms with Gasteiger partial charge >= 0.3 is 0 Å². The Morgan fingerprint density at radius 1 is 0.297 bits per heavy atom. The summed E-state index contributed by atoms with van der Waals surface area (Å²) < 4.78 is 6.29. The molecule has 1 aromatic heterocycles. The molecule has 0 atom stereocenters. The second-order valence-corrected chi connectivity index (χ2v) is 16.8. The van der Waals surface area contributed by atoms with E-state index in [0.29, 0.717) is 0 Å². The highest BCUT2D eigenvalue weighted by atomic mass is 16.3. The lowest BCUT2D eigenvalue weighted by Gasteiger charge is -2.51. The van der Waals surface area contributed by atoms with Gasteiger partial charge in [-0.1, -0.05) is 176 Å². The molecule has 0 bridgehead atoms. The molecule has 3 heteroatoms. The average Bonchev–Trinajstić information content (AvgIpc) is 3.76. The van der Waals surface area contributed by atoms with Crippen LogP contribution in [0.25, 0.3) is 55.3 Å². The summed E-state index contributed by atoms with van der Waals surface area (Å²) in [5.74, 6) is 0. The normalized spacial score (nSPS) is 13.4. The first-order valence-electron chi connectivity index (χ1n) is 22.0. The van der Waals surface area contributed by atoms with Crippen LogP contribution in [0.1, 0.15) is 22.3 Å². The van der Waals surface area contributed by atoms with Crippen LogP contribution in [-0.4, -0.2) is 0 Å². The monoisotopic (exact) mass is 816 g/mol. The summed E-state index contributed by atoms with van der Waals surface area (Å²) in [6.45, 7) is 0. The van der Waals surface area contributed by atoms with E-state index in [9.17, 15) is 0 Å². The van der Waals surface area contributed by atoms with E-state index in [4.69, 9.17) is 4.42 Å². The quantitative estimate of drug-likeness (QED) is 0.173. The van der Waals surface area contributed by atoms with Gasteiger partial charge in [0.05, 0.1) is 28.2 Å². The van der Waals surface area contributed by atoms with E-state index < -0.39 is 5.41 Å². The molecular formula is C61H40N2O. The summed E-state index contributed by atoms with van der Waals surface area (Å²) >= 11 is 0. The Morgan fingerprint density at radius 2 is 0.734 bits per heavy atom. The third kappa shape index (κ3) is 5.34. The van der Waals surface area contributed by atoms with Crippen molar-refractivity contribution in [1.82, 2.24) is 0 Å². The number of para-hydroxylation sites is 4.